The molecule has 0 aromatic rings. The molecule has 5 heteroatoms. The van der Waals surface area contributed by atoms with Crippen LogP contribution >= 0.6 is 23.5 Å². The fourth-order valence-corrected chi connectivity index (χ4v) is 4.39. The third kappa shape index (κ3) is 7.53. The van der Waals surface area contributed by atoms with Crippen molar-refractivity contribution >= 4 is 29.5 Å². The zero-order valence-corrected chi connectivity index (χ0v) is 10.2. The number of aliphatic hydroxyl groups excluding tert-OH is 1. The summed E-state index contributed by atoms with van der Waals surface area (Å²) in [6.45, 7) is 3.66. The van der Waals surface area contributed by atoms with Crippen LogP contribution in [0.3, 0.4) is 0 Å². The first-order valence-electron chi connectivity index (χ1n) is 4.67. The van der Waals surface area contributed by atoms with Crippen molar-refractivity contribution in [1.82, 2.24) is 0 Å². The van der Waals surface area contributed by atoms with Crippen LogP contribution in [0, 0.1) is 0 Å². The van der Waals surface area contributed by atoms with Gasteiger partial charge in [-0.15, -0.1) is 23.5 Å². The molecule has 0 amide bonds. The van der Waals surface area contributed by atoms with Crippen molar-refractivity contribution in [2.75, 3.05) is 12.4 Å². The Bertz CT molecular complexity index is 160. The molecule has 0 aromatic heterocycles. The van der Waals surface area contributed by atoms with Gasteiger partial charge >= 0.3 is 0 Å². The van der Waals surface area contributed by atoms with Crippen molar-refractivity contribution in [2.24, 2.45) is 0 Å². The Morgan fingerprint density at radius 2 is 2.14 bits per heavy atom. The predicted octanol–water partition coefficient (Wildman–Crippen LogP) is 2.04. The summed E-state index contributed by atoms with van der Waals surface area (Å²) < 4.78 is 0.766. The molecular weight excluding hydrogens is 220 g/mol. The lowest BCUT2D eigenvalue weighted by Gasteiger charge is -2.05. The van der Waals surface area contributed by atoms with Crippen molar-refractivity contribution in [3.8, 4) is 0 Å². The zero-order chi connectivity index (χ0) is 11.0. The van der Waals surface area contributed by atoms with Gasteiger partial charge in [-0.3, -0.25) is 4.79 Å². The van der Waals surface area contributed by atoms with Gasteiger partial charge in [-0.2, -0.15) is 0 Å². The number of aliphatic hydroxyl groups is 1. The van der Waals surface area contributed by atoms with Gasteiger partial charge in [-0.1, -0.05) is 13.3 Å². The van der Waals surface area contributed by atoms with E-state index in [4.69, 9.17) is 15.0 Å². The van der Waals surface area contributed by atoms with Crippen LogP contribution in [0.1, 0.15) is 26.7 Å². The van der Waals surface area contributed by atoms with Crippen molar-refractivity contribution in [1.29, 1.82) is 0 Å². The molecule has 0 saturated carbocycles. The summed E-state index contributed by atoms with van der Waals surface area (Å²) in [7, 11) is 0. The molecule has 2 atom stereocenters. The van der Waals surface area contributed by atoms with Gasteiger partial charge in [0, 0.05) is 17.9 Å². The molecule has 1 saturated heterocycles. The molecule has 1 rings (SSSR count). The molecule has 0 spiro atoms. The molecule has 0 radical (unpaired) electrons. The Kier molecular flexibility index (Phi) is 8.52. The maximum atomic E-state index is 9.00. The first kappa shape index (κ1) is 14.1. The third-order valence-corrected chi connectivity index (χ3v) is 4.94. The van der Waals surface area contributed by atoms with Gasteiger partial charge in [0.25, 0.3) is 5.97 Å². The van der Waals surface area contributed by atoms with Crippen molar-refractivity contribution in [3.05, 3.63) is 0 Å². The molecule has 1 heterocycles. The number of hydrogen-bond acceptors (Lipinski definition) is 4. The minimum absolute atomic E-state index is 0.359. The highest BCUT2D eigenvalue weighted by atomic mass is 32.2. The predicted molar refractivity (Wildman–Crippen MR) is 62.9 cm³/mol. The van der Waals surface area contributed by atoms with E-state index in [1.54, 1.807) is 0 Å². The molecule has 84 valence electrons. The van der Waals surface area contributed by atoms with Crippen molar-refractivity contribution < 1.29 is 15.0 Å². The second-order valence-electron chi connectivity index (χ2n) is 3.01. The highest BCUT2D eigenvalue weighted by Gasteiger charge is 2.23. The third-order valence-electron chi connectivity index (χ3n) is 1.54. The Morgan fingerprint density at radius 3 is 2.50 bits per heavy atom. The SMILES string of the molecule is CC(=O)O.CCC[C@@H]1SC[C@@H](CO)S1. The number of carboxylic acids is 1. The number of thioether (sulfide) groups is 2. The molecule has 2 N–H and O–H groups in total. The summed E-state index contributed by atoms with van der Waals surface area (Å²) in [6, 6.07) is 0. The van der Waals surface area contributed by atoms with E-state index in [2.05, 4.69) is 6.92 Å². The molecular formula is C9H18O3S2. The summed E-state index contributed by atoms with van der Waals surface area (Å²) >= 11 is 3.95. The highest BCUT2D eigenvalue weighted by Crippen LogP contribution is 2.39. The molecule has 3 nitrogen and oxygen atoms in total. The van der Waals surface area contributed by atoms with Crippen molar-refractivity contribution in [2.45, 2.75) is 36.5 Å². The summed E-state index contributed by atoms with van der Waals surface area (Å²) in [5.41, 5.74) is 0. The second kappa shape index (κ2) is 8.44. The lowest BCUT2D eigenvalue weighted by Crippen LogP contribution is -2.06. The summed E-state index contributed by atoms with van der Waals surface area (Å²) in [6.07, 6.45) is 2.56. The first-order chi connectivity index (χ1) is 6.60. The van der Waals surface area contributed by atoms with E-state index in [-0.39, 0.29) is 0 Å². The van der Waals surface area contributed by atoms with Crippen LogP contribution in [0.5, 0.6) is 0 Å². The van der Waals surface area contributed by atoms with Gasteiger partial charge in [-0.05, 0) is 6.42 Å². The van der Waals surface area contributed by atoms with Gasteiger partial charge in [0.15, 0.2) is 0 Å². The van der Waals surface area contributed by atoms with E-state index in [1.807, 2.05) is 23.5 Å². The Hall–Kier alpha value is 0.130. The Morgan fingerprint density at radius 1 is 1.57 bits per heavy atom. The number of rotatable bonds is 3. The van der Waals surface area contributed by atoms with E-state index in [9.17, 15) is 0 Å². The van der Waals surface area contributed by atoms with Crippen LogP contribution in [0.15, 0.2) is 0 Å². The first-order valence-corrected chi connectivity index (χ1v) is 6.66. The fourth-order valence-electron chi connectivity index (χ4n) is 0.991. The quantitative estimate of drug-likeness (QED) is 0.788. The van der Waals surface area contributed by atoms with Gasteiger partial charge < -0.3 is 10.2 Å². The van der Waals surface area contributed by atoms with Gasteiger partial charge in [0.05, 0.1) is 11.2 Å². The zero-order valence-electron chi connectivity index (χ0n) is 8.60. The Labute approximate surface area is 93.7 Å². The van der Waals surface area contributed by atoms with Crippen LogP contribution in [-0.2, 0) is 4.79 Å². The number of carbonyl (C=O) groups is 1. The summed E-state index contributed by atoms with van der Waals surface area (Å²) in [4.78, 5) is 9.00. The molecule has 0 aromatic carbocycles. The summed E-state index contributed by atoms with van der Waals surface area (Å²) in [5, 5.41) is 16.7. The normalized spacial score (nSPS) is 25.4. The lowest BCUT2D eigenvalue weighted by atomic mass is 10.4. The lowest BCUT2D eigenvalue weighted by molar-refractivity contribution is -0.134. The summed E-state index contributed by atoms with van der Waals surface area (Å²) in [5.74, 6) is 0.311. The largest absolute Gasteiger partial charge is 0.481 e. The average Bonchev–Trinajstić information content (AvgIpc) is 2.52. The minimum atomic E-state index is -0.833. The Balaban J connectivity index is 0.000000364. The monoisotopic (exact) mass is 238 g/mol. The van der Waals surface area contributed by atoms with E-state index in [0.29, 0.717) is 11.9 Å². The van der Waals surface area contributed by atoms with Gasteiger partial charge in [0.1, 0.15) is 0 Å². The van der Waals surface area contributed by atoms with Crippen molar-refractivity contribution in [3.63, 3.8) is 0 Å². The van der Waals surface area contributed by atoms with Crippen LogP contribution in [0.4, 0.5) is 0 Å². The molecule has 0 unspecified atom stereocenters. The molecule has 1 aliphatic heterocycles. The average molecular weight is 238 g/mol. The van der Waals surface area contributed by atoms with Crippen LogP contribution in [0.25, 0.3) is 0 Å². The molecule has 1 aliphatic rings. The van der Waals surface area contributed by atoms with E-state index in [1.165, 1.54) is 12.8 Å². The highest BCUT2D eigenvalue weighted by molar-refractivity contribution is 8.20. The standard InChI is InChI=1S/C7H14OS2.C2H4O2/c1-2-3-7-9-5-6(4-8)10-7;1-2(3)4/h6-8H,2-5H2,1H3;1H3,(H,3,4)/t6-,7-;/m1./s1. The van der Waals surface area contributed by atoms with E-state index >= 15 is 0 Å². The maximum Gasteiger partial charge on any atom is 0.300 e. The fraction of sp³-hybridized carbons (Fsp3) is 0.889. The van der Waals surface area contributed by atoms with Crippen LogP contribution in [-0.4, -0.2) is 38.4 Å². The molecule has 0 bridgehead atoms. The smallest absolute Gasteiger partial charge is 0.300 e. The van der Waals surface area contributed by atoms with Gasteiger partial charge in [-0.25, -0.2) is 0 Å². The van der Waals surface area contributed by atoms with Crippen LogP contribution < -0.4 is 0 Å². The molecule has 14 heavy (non-hydrogen) atoms. The maximum absolute atomic E-state index is 9.00. The van der Waals surface area contributed by atoms with E-state index in [0.717, 1.165) is 17.3 Å². The number of hydrogen-bond donors (Lipinski definition) is 2. The molecule has 0 aliphatic carbocycles. The van der Waals surface area contributed by atoms with Gasteiger partial charge in [0.2, 0.25) is 0 Å². The molecule has 1 fully saturated rings. The topological polar surface area (TPSA) is 57.5 Å². The van der Waals surface area contributed by atoms with E-state index < -0.39 is 5.97 Å². The minimum Gasteiger partial charge on any atom is -0.481 e. The second-order valence-corrected chi connectivity index (χ2v) is 6.05. The van der Waals surface area contributed by atoms with Crippen LogP contribution in [0.2, 0.25) is 0 Å². The number of aliphatic carboxylic acids is 1. The number of carboxylic acid groups (broad SMARTS) is 1.